The molecule has 0 aliphatic rings. The average Bonchev–Trinajstić information content (AvgIpc) is 3.05. The van der Waals surface area contributed by atoms with E-state index in [1.165, 1.54) is 16.9 Å². The van der Waals surface area contributed by atoms with Crippen molar-refractivity contribution in [3.05, 3.63) is 54.2 Å². The highest BCUT2D eigenvalue weighted by Gasteiger charge is 2.06. The zero-order chi connectivity index (χ0) is 15.2. The Morgan fingerprint density at radius 3 is 2.91 bits per heavy atom. The highest BCUT2D eigenvalue weighted by molar-refractivity contribution is 7.18. The van der Waals surface area contributed by atoms with Crippen molar-refractivity contribution in [2.75, 3.05) is 19.0 Å². The average molecular weight is 312 g/mol. The van der Waals surface area contributed by atoms with Gasteiger partial charge in [0.1, 0.15) is 11.4 Å². The fraction of sp³-hybridized carbons (Fsp3) is 0.188. The molecule has 0 amide bonds. The number of pyridine rings is 1. The summed E-state index contributed by atoms with van der Waals surface area (Å²) < 4.78 is 5.22. The predicted molar refractivity (Wildman–Crippen MR) is 88.3 cm³/mol. The van der Waals surface area contributed by atoms with Crippen molar-refractivity contribution in [3.63, 3.8) is 0 Å². The lowest BCUT2D eigenvalue weighted by atomic mass is 10.1. The van der Waals surface area contributed by atoms with Crippen LogP contribution in [0.3, 0.4) is 0 Å². The molecule has 2 aromatic heterocycles. The number of nitrogens with zero attached hydrogens (tertiary/aromatic N) is 3. The van der Waals surface area contributed by atoms with Crippen molar-refractivity contribution >= 4 is 16.5 Å². The Morgan fingerprint density at radius 2 is 2.09 bits per heavy atom. The van der Waals surface area contributed by atoms with E-state index in [-0.39, 0.29) is 0 Å². The third-order valence-corrected chi connectivity index (χ3v) is 4.04. The molecule has 0 fully saturated rings. The topological polar surface area (TPSA) is 59.9 Å². The maximum atomic E-state index is 5.22. The first-order valence-electron chi connectivity index (χ1n) is 6.97. The molecule has 0 unspecified atom stereocenters. The van der Waals surface area contributed by atoms with Crippen LogP contribution in [0.25, 0.3) is 10.7 Å². The summed E-state index contributed by atoms with van der Waals surface area (Å²) in [5, 5.41) is 13.2. The van der Waals surface area contributed by atoms with Crippen LogP contribution in [-0.4, -0.2) is 28.8 Å². The second-order valence-electron chi connectivity index (χ2n) is 4.66. The van der Waals surface area contributed by atoms with Gasteiger partial charge in [-0.3, -0.25) is 4.98 Å². The van der Waals surface area contributed by atoms with Crippen molar-refractivity contribution in [2.45, 2.75) is 6.42 Å². The maximum absolute atomic E-state index is 5.22. The van der Waals surface area contributed by atoms with Crippen LogP contribution in [0.15, 0.2) is 48.7 Å². The third kappa shape index (κ3) is 3.59. The molecule has 1 N–H and O–H groups in total. The largest absolute Gasteiger partial charge is 0.497 e. The van der Waals surface area contributed by atoms with Crippen molar-refractivity contribution in [1.29, 1.82) is 0 Å². The van der Waals surface area contributed by atoms with E-state index in [0.29, 0.717) is 0 Å². The van der Waals surface area contributed by atoms with Gasteiger partial charge in [-0.25, -0.2) is 0 Å². The number of nitrogens with one attached hydrogen (secondary N) is 1. The minimum atomic E-state index is 0.796. The lowest BCUT2D eigenvalue weighted by molar-refractivity contribution is 0.414. The van der Waals surface area contributed by atoms with Crippen LogP contribution in [-0.2, 0) is 6.42 Å². The number of hydrogen-bond acceptors (Lipinski definition) is 6. The highest BCUT2D eigenvalue weighted by Crippen LogP contribution is 2.24. The molecule has 1 aromatic carbocycles. The van der Waals surface area contributed by atoms with Gasteiger partial charge in [0.25, 0.3) is 0 Å². The molecule has 2 heterocycles. The molecular weight excluding hydrogens is 296 g/mol. The molecule has 0 atom stereocenters. The zero-order valence-corrected chi connectivity index (χ0v) is 13.0. The van der Waals surface area contributed by atoms with E-state index in [0.717, 1.165) is 34.5 Å². The number of methoxy groups -OCH3 is 1. The Bertz CT molecular complexity index is 730. The number of rotatable bonds is 6. The van der Waals surface area contributed by atoms with Gasteiger partial charge in [0, 0.05) is 12.7 Å². The molecule has 3 rings (SSSR count). The summed E-state index contributed by atoms with van der Waals surface area (Å²) in [4.78, 5) is 4.28. The molecule has 6 heteroatoms. The lowest BCUT2D eigenvalue weighted by Gasteiger charge is -2.04. The van der Waals surface area contributed by atoms with Crippen LogP contribution >= 0.6 is 11.3 Å². The molecule has 0 saturated heterocycles. The van der Waals surface area contributed by atoms with Crippen LogP contribution in [0, 0.1) is 0 Å². The van der Waals surface area contributed by atoms with Gasteiger partial charge in [-0.1, -0.05) is 29.5 Å². The first-order chi connectivity index (χ1) is 10.8. The van der Waals surface area contributed by atoms with Gasteiger partial charge in [0.2, 0.25) is 5.13 Å². The van der Waals surface area contributed by atoms with Crippen LogP contribution in [0.5, 0.6) is 5.75 Å². The molecular formula is C16H16N4OS. The summed E-state index contributed by atoms with van der Waals surface area (Å²) in [5.41, 5.74) is 2.07. The summed E-state index contributed by atoms with van der Waals surface area (Å²) in [7, 11) is 1.68. The first-order valence-corrected chi connectivity index (χ1v) is 7.78. The van der Waals surface area contributed by atoms with E-state index in [4.69, 9.17) is 4.74 Å². The fourth-order valence-corrected chi connectivity index (χ4v) is 2.78. The highest BCUT2D eigenvalue weighted by atomic mass is 32.1. The normalized spacial score (nSPS) is 10.4. The fourth-order valence-electron chi connectivity index (χ4n) is 2.03. The van der Waals surface area contributed by atoms with Crippen LogP contribution < -0.4 is 10.1 Å². The van der Waals surface area contributed by atoms with Crippen molar-refractivity contribution in [1.82, 2.24) is 15.2 Å². The molecule has 5 nitrogen and oxygen atoms in total. The van der Waals surface area contributed by atoms with Crippen molar-refractivity contribution in [2.24, 2.45) is 0 Å². The van der Waals surface area contributed by atoms with E-state index < -0.39 is 0 Å². The van der Waals surface area contributed by atoms with Gasteiger partial charge in [0.05, 0.1) is 7.11 Å². The van der Waals surface area contributed by atoms with Crippen molar-refractivity contribution in [3.8, 4) is 16.5 Å². The Labute approximate surface area is 133 Å². The second kappa shape index (κ2) is 7.00. The molecule has 3 aromatic rings. The monoisotopic (exact) mass is 312 g/mol. The van der Waals surface area contributed by atoms with Gasteiger partial charge in [-0.05, 0) is 36.2 Å². The summed E-state index contributed by atoms with van der Waals surface area (Å²) in [6, 6.07) is 13.8. The predicted octanol–water partition coefficient (Wildman–Crippen LogP) is 3.26. The maximum Gasteiger partial charge on any atom is 0.206 e. The molecule has 112 valence electrons. The Kier molecular flexibility index (Phi) is 4.60. The molecule has 0 saturated carbocycles. The third-order valence-electron chi connectivity index (χ3n) is 3.13. The van der Waals surface area contributed by atoms with Gasteiger partial charge in [-0.15, -0.1) is 10.2 Å². The minimum absolute atomic E-state index is 0.796. The quantitative estimate of drug-likeness (QED) is 0.757. The van der Waals surface area contributed by atoms with E-state index in [1.807, 2.05) is 36.4 Å². The summed E-state index contributed by atoms with van der Waals surface area (Å²) in [6.45, 7) is 0.796. The summed E-state index contributed by atoms with van der Waals surface area (Å²) in [5.74, 6) is 0.880. The van der Waals surface area contributed by atoms with Crippen molar-refractivity contribution < 1.29 is 4.74 Å². The Morgan fingerprint density at radius 1 is 1.14 bits per heavy atom. The smallest absolute Gasteiger partial charge is 0.206 e. The van der Waals surface area contributed by atoms with Gasteiger partial charge < -0.3 is 10.1 Å². The van der Waals surface area contributed by atoms with Gasteiger partial charge >= 0.3 is 0 Å². The number of aromatic nitrogens is 3. The van der Waals surface area contributed by atoms with E-state index in [2.05, 4.69) is 26.6 Å². The van der Waals surface area contributed by atoms with Crippen LogP contribution in [0.2, 0.25) is 0 Å². The molecule has 0 aliphatic heterocycles. The number of hydrogen-bond donors (Lipinski definition) is 1. The lowest BCUT2D eigenvalue weighted by Crippen LogP contribution is -2.04. The van der Waals surface area contributed by atoms with E-state index in [9.17, 15) is 0 Å². The van der Waals surface area contributed by atoms with Gasteiger partial charge in [0.15, 0.2) is 5.01 Å². The first kappa shape index (κ1) is 14.5. The number of ether oxygens (including phenoxy) is 1. The molecule has 22 heavy (non-hydrogen) atoms. The SMILES string of the molecule is COc1cccc(CCNc2nnc(-c3ccccn3)s2)c1. The molecule has 0 radical (unpaired) electrons. The number of anilines is 1. The Hall–Kier alpha value is -2.47. The number of benzene rings is 1. The molecule has 0 bridgehead atoms. The van der Waals surface area contributed by atoms with Crippen LogP contribution in [0.1, 0.15) is 5.56 Å². The van der Waals surface area contributed by atoms with Gasteiger partial charge in [-0.2, -0.15) is 0 Å². The standard InChI is InChI=1S/C16H16N4OS/c1-21-13-6-4-5-12(11-13)8-10-18-16-20-19-15(22-16)14-7-2-3-9-17-14/h2-7,9,11H,8,10H2,1H3,(H,18,20). The Balaban J connectivity index is 1.57. The van der Waals surface area contributed by atoms with E-state index >= 15 is 0 Å². The van der Waals surface area contributed by atoms with Crippen LogP contribution in [0.4, 0.5) is 5.13 Å². The van der Waals surface area contributed by atoms with E-state index in [1.54, 1.807) is 13.3 Å². The summed E-state index contributed by atoms with van der Waals surface area (Å²) in [6.07, 6.45) is 2.66. The minimum Gasteiger partial charge on any atom is -0.497 e. The molecule has 0 aliphatic carbocycles. The summed E-state index contributed by atoms with van der Waals surface area (Å²) >= 11 is 1.51. The molecule has 0 spiro atoms. The second-order valence-corrected chi connectivity index (χ2v) is 5.63. The zero-order valence-electron chi connectivity index (χ0n) is 12.2.